The van der Waals surface area contributed by atoms with E-state index in [-0.39, 0.29) is 0 Å². The van der Waals surface area contributed by atoms with Crippen LogP contribution >= 0.6 is 0 Å². The normalized spacial score (nSPS) is 19.5. The first kappa shape index (κ1) is 9.10. The van der Waals surface area contributed by atoms with Crippen molar-refractivity contribution in [2.75, 3.05) is 0 Å². The number of benzene rings is 1. The molecular formula is C15H11N. The Kier molecular flexibility index (Phi) is 2.15. The zero-order valence-electron chi connectivity index (χ0n) is 8.80. The molecule has 0 spiro atoms. The Labute approximate surface area is 94.4 Å². The summed E-state index contributed by atoms with van der Waals surface area (Å²) in [7, 11) is 0. The monoisotopic (exact) mass is 205 g/mol. The van der Waals surface area contributed by atoms with Crippen molar-refractivity contribution in [2.24, 2.45) is 0 Å². The van der Waals surface area contributed by atoms with Crippen LogP contribution in [-0.2, 0) is 0 Å². The quantitative estimate of drug-likeness (QED) is 0.637. The number of nitrogens with zero attached hydrogens (tertiary/aromatic N) is 1. The van der Waals surface area contributed by atoms with Crippen LogP contribution in [-0.4, -0.2) is 4.98 Å². The molecule has 0 fully saturated rings. The highest BCUT2D eigenvalue weighted by Crippen LogP contribution is 2.19. The summed E-state index contributed by atoms with van der Waals surface area (Å²) in [5.41, 5.74) is 3.24. The SMILES string of the molecule is C1=C\C=C/c2nc3ccccc3cc2\C=C/1. The zero-order valence-corrected chi connectivity index (χ0v) is 8.80. The fraction of sp³-hybridized carbons (Fsp3) is 0. The van der Waals surface area contributed by atoms with Gasteiger partial charge >= 0.3 is 0 Å². The lowest BCUT2D eigenvalue weighted by Crippen LogP contribution is -1.89. The van der Waals surface area contributed by atoms with Crippen LogP contribution in [0.3, 0.4) is 0 Å². The van der Waals surface area contributed by atoms with Gasteiger partial charge in [-0.05, 0) is 18.2 Å². The van der Waals surface area contributed by atoms with Gasteiger partial charge in [0.05, 0.1) is 11.2 Å². The van der Waals surface area contributed by atoms with Gasteiger partial charge in [-0.15, -0.1) is 0 Å². The first-order valence-corrected chi connectivity index (χ1v) is 5.35. The molecule has 0 bridgehead atoms. The summed E-state index contributed by atoms with van der Waals surface area (Å²) in [5, 5.41) is 1.18. The van der Waals surface area contributed by atoms with E-state index in [0.717, 1.165) is 11.2 Å². The van der Waals surface area contributed by atoms with Crippen molar-refractivity contribution < 1.29 is 0 Å². The molecule has 1 heteroatoms. The molecule has 3 rings (SSSR count). The first-order chi connectivity index (χ1) is 7.93. The third-order valence-corrected chi connectivity index (χ3v) is 2.65. The molecule has 16 heavy (non-hydrogen) atoms. The minimum atomic E-state index is 1.03. The molecule has 0 saturated heterocycles. The molecular weight excluding hydrogens is 194 g/mol. The molecule has 1 aromatic carbocycles. The number of allylic oxidation sites excluding steroid dienone is 4. The number of pyridine rings is 1. The average Bonchev–Trinajstić information content (AvgIpc) is 2.29. The van der Waals surface area contributed by atoms with Crippen LogP contribution in [0.5, 0.6) is 0 Å². The van der Waals surface area contributed by atoms with Gasteiger partial charge in [-0.3, -0.25) is 0 Å². The Morgan fingerprint density at radius 3 is 2.56 bits per heavy atom. The topological polar surface area (TPSA) is 12.9 Å². The van der Waals surface area contributed by atoms with Crippen molar-refractivity contribution in [3.05, 3.63) is 65.9 Å². The molecule has 0 aliphatic heterocycles. The van der Waals surface area contributed by atoms with E-state index < -0.39 is 0 Å². The molecule has 76 valence electrons. The maximum absolute atomic E-state index is 4.65. The second-order valence-corrected chi connectivity index (χ2v) is 3.76. The molecule has 0 radical (unpaired) electrons. The van der Waals surface area contributed by atoms with E-state index in [1.54, 1.807) is 0 Å². The molecule has 1 nitrogen and oxygen atoms in total. The third-order valence-electron chi connectivity index (χ3n) is 2.65. The Morgan fingerprint density at radius 1 is 0.812 bits per heavy atom. The summed E-state index contributed by atoms with van der Waals surface area (Å²) >= 11 is 0. The Hall–Kier alpha value is -2.15. The summed E-state index contributed by atoms with van der Waals surface area (Å²) in [6, 6.07) is 10.4. The minimum absolute atomic E-state index is 1.03. The van der Waals surface area contributed by atoms with Gasteiger partial charge in [0.25, 0.3) is 0 Å². The molecule has 0 amide bonds. The molecule has 0 saturated carbocycles. The van der Waals surface area contributed by atoms with E-state index in [9.17, 15) is 0 Å². The molecule has 1 aromatic heterocycles. The summed E-state index contributed by atoms with van der Waals surface area (Å²) in [6.45, 7) is 0. The van der Waals surface area contributed by atoms with Crippen LogP contribution in [0.2, 0.25) is 0 Å². The number of fused-ring (bicyclic) bond motifs is 2. The van der Waals surface area contributed by atoms with Gasteiger partial charge in [-0.25, -0.2) is 4.98 Å². The van der Waals surface area contributed by atoms with Gasteiger partial charge in [0.1, 0.15) is 0 Å². The minimum Gasteiger partial charge on any atom is -0.248 e. The highest BCUT2D eigenvalue weighted by atomic mass is 14.7. The smallest absolute Gasteiger partial charge is 0.0709 e. The van der Waals surface area contributed by atoms with E-state index in [1.165, 1.54) is 10.9 Å². The van der Waals surface area contributed by atoms with Crippen LogP contribution in [0.1, 0.15) is 11.3 Å². The Morgan fingerprint density at radius 2 is 1.62 bits per heavy atom. The predicted octanol–water partition coefficient (Wildman–Crippen LogP) is 3.83. The van der Waals surface area contributed by atoms with Gasteiger partial charge in [-0.2, -0.15) is 0 Å². The van der Waals surface area contributed by atoms with Gasteiger partial charge in [0.15, 0.2) is 0 Å². The van der Waals surface area contributed by atoms with Crippen molar-refractivity contribution in [2.45, 2.75) is 0 Å². The van der Waals surface area contributed by atoms with Crippen molar-refractivity contribution in [3.8, 4) is 0 Å². The van der Waals surface area contributed by atoms with Crippen molar-refractivity contribution in [1.82, 2.24) is 4.98 Å². The van der Waals surface area contributed by atoms with E-state index in [4.69, 9.17) is 0 Å². The van der Waals surface area contributed by atoms with Crippen LogP contribution in [0.25, 0.3) is 23.1 Å². The lowest BCUT2D eigenvalue weighted by Gasteiger charge is -2.04. The van der Waals surface area contributed by atoms with Crippen LogP contribution in [0.4, 0.5) is 0 Å². The Balaban J connectivity index is 2.31. The van der Waals surface area contributed by atoms with Crippen LogP contribution in [0.15, 0.2) is 54.6 Å². The maximum atomic E-state index is 4.65. The molecule has 2 aromatic rings. The maximum Gasteiger partial charge on any atom is 0.0709 e. The summed E-state index contributed by atoms with van der Waals surface area (Å²) in [5.74, 6) is 0. The fourth-order valence-corrected chi connectivity index (χ4v) is 1.85. The number of rotatable bonds is 0. The Bertz CT molecular complexity index is 564. The molecule has 1 aliphatic rings. The number of hydrogen-bond donors (Lipinski definition) is 0. The molecule has 1 aliphatic carbocycles. The van der Waals surface area contributed by atoms with E-state index in [2.05, 4.69) is 23.2 Å². The van der Waals surface area contributed by atoms with E-state index >= 15 is 0 Å². The third kappa shape index (κ3) is 1.57. The second-order valence-electron chi connectivity index (χ2n) is 3.76. The van der Waals surface area contributed by atoms with Gasteiger partial charge in [0.2, 0.25) is 0 Å². The van der Waals surface area contributed by atoms with Gasteiger partial charge in [-0.1, -0.05) is 48.6 Å². The van der Waals surface area contributed by atoms with Crippen molar-refractivity contribution in [1.29, 1.82) is 0 Å². The predicted molar refractivity (Wildman–Crippen MR) is 69.0 cm³/mol. The van der Waals surface area contributed by atoms with Crippen molar-refractivity contribution >= 4 is 23.1 Å². The number of hydrogen-bond acceptors (Lipinski definition) is 1. The summed E-state index contributed by atoms with van der Waals surface area (Å²) in [6.07, 6.45) is 12.2. The van der Waals surface area contributed by atoms with Crippen LogP contribution < -0.4 is 0 Å². The molecule has 0 N–H and O–H groups in total. The fourth-order valence-electron chi connectivity index (χ4n) is 1.85. The summed E-state index contributed by atoms with van der Waals surface area (Å²) in [4.78, 5) is 4.65. The second kappa shape index (κ2) is 3.78. The standard InChI is InChI=1S/C15H11N/c1-2-4-9-14-12(7-3-1)11-13-8-5-6-10-15(13)16-14/h1-11H/b2-1-,3-1?,4-2?,7-3-,9-4-,12-7?,14-9?. The number of aromatic nitrogens is 1. The largest absolute Gasteiger partial charge is 0.248 e. The molecule has 0 unspecified atom stereocenters. The first-order valence-electron chi connectivity index (χ1n) is 5.35. The zero-order chi connectivity index (χ0) is 10.8. The van der Waals surface area contributed by atoms with E-state index in [0.29, 0.717) is 0 Å². The lowest BCUT2D eigenvalue weighted by molar-refractivity contribution is 1.35. The number of para-hydroxylation sites is 1. The summed E-state index contributed by atoms with van der Waals surface area (Å²) < 4.78 is 0. The highest BCUT2D eigenvalue weighted by Gasteiger charge is 2.01. The molecule has 1 heterocycles. The van der Waals surface area contributed by atoms with Gasteiger partial charge < -0.3 is 0 Å². The molecule has 0 atom stereocenters. The van der Waals surface area contributed by atoms with Crippen LogP contribution in [0, 0.1) is 0 Å². The average molecular weight is 205 g/mol. The lowest BCUT2D eigenvalue weighted by atomic mass is 10.1. The van der Waals surface area contributed by atoms with E-state index in [1.807, 2.05) is 48.6 Å². The highest BCUT2D eigenvalue weighted by molar-refractivity contribution is 5.83. The van der Waals surface area contributed by atoms with Gasteiger partial charge in [0, 0.05) is 10.9 Å². The van der Waals surface area contributed by atoms with Crippen molar-refractivity contribution in [3.63, 3.8) is 0 Å².